The molecule has 0 saturated heterocycles. The number of aryl methyl sites for hydroxylation is 2. The van der Waals surface area contributed by atoms with E-state index in [1.54, 1.807) is 38.1 Å². The van der Waals surface area contributed by atoms with Gasteiger partial charge in [0, 0.05) is 10.5 Å². The van der Waals surface area contributed by atoms with Crippen molar-refractivity contribution in [1.82, 2.24) is 0 Å². The maximum Gasteiger partial charge on any atom is 0.312 e. The second-order valence-corrected chi connectivity index (χ2v) is 5.46. The van der Waals surface area contributed by atoms with Gasteiger partial charge in [-0.2, -0.15) is 5.26 Å². The number of ether oxygens (including phenoxy) is 1. The summed E-state index contributed by atoms with van der Waals surface area (Å²) in [4.78, 5) is 10.7. The average Bonchev–Trinajstić information content (AvgIpc) is 2.42. The van der Waals surface area contributed by atoms with Gasteiger partial charge in [-0.1, -0.05) is 22.0 Å². The van der Waals surface area contributed by atoms with Crippen molar-refractivity contribution in [2.24, 2.45) is 0 Å². The molecule has 0 amide bonds. The van der Waals surface area contributed by atoms with Crippen LogP contribution in [-0.4, -0.2) is 4.92 Å². The third kappa shape index (κ3) is 3.20. The molecule has 2 aromatic rings. The van der Waals surface area contributed by atoms with Gasteiger partial charge in [0.1, 0.15) is 11.8 Å². The number of hydrogen-bond donors (Lipinski definition) is 0. The molecule has 21 heavy (non-hydrogen) atoms. The Morgan fingerprint density at radius 2 is 2.00 bits per heavy atom. The summed E-state index contributed by atoms with van der Waals surface area (Å²) in [6.07, 6.45) is 0. The zero-order valence-corrected chi connectivity index (χ0v) is 13.0. The van der Waals surface area contributed by atoms with Gasteiger partial charge in [-0.15, -0.1) is 0 Å². The molecule has 0 aliphatic rings. The second-order valence-electron chi connectivity index (χ2n) is 4.54. The number of nitro groups is 1. The summed E-state index contributed by atoms with van der Waals surface area (Å²) in [5, 5.41) is 20.3. The van der Waals surface area contributed by atoms with Crippen LogP contribution < -0.4 is 4.74 Å². The van der Waals surface area contributed by atoms with Gasteiger partial charge in [0.05, 0.1) is 10.5 Å². The maximum absolute atomic E-state index is 11.2. The van der Waals surface area contributed by atoms with E-state index in [9.17, 15) is 10.1 Å². The Morgan fingerprint density at radius 3 is 2.62 bits per heavy atom. The van der Waals surface area contributed by atoms with Crippen LogP contribution in [0.4, 0.5) is 5.69 Å². The molecule has 0 N–H and O–H groups in total. The monoisotopic (exact) mass is 346 g/mol. The molecule has 6 heteroatoms. The van der Waals surface area contributed by atoms with Crippen LogP contribution >= 0.6 is 15.9 Å². The van der Waals surface area contributed by atoms with Crippen molar-refractivity contribution in [3.05, 3.63) is 61.6 Å². The lowest BCUT2D eigenvalue weighted by molar-refractivity contribution is -0.385. The van der Waals surface area contributed by atoms with Gasteiger partial charge < -0.3 is 4.74 Å². The number of hydrogen-bond acceptors (Lipinski definition) is 4. The van der Waals surface area contributed by atoms with E-state index in [2.05, 4.69) is 15.9 Å². The normalized spacial score (nSPS) is 10.0. The van der Waals surface area contributed by atoms with Crippen LogP contribution in [0.15, 0.2) is 34.8 Å². The lowest BCUT2D eigenvalue weighted by atomic mass is 10.1. The van der Waals surface area contributed by atoms with Crippen molar-refractivity contribution in [3.63, 3.8) is 0 Å². The van der Waals surface area contributed by atoms with Crippen LogP contribution in [0.25, 0.3) is 0 Å². The summed E-state index contributed by atoms with van der Waals surface area (Å²) >= 11 is 3.27. The molecule has 0 aromatic heterocycles. The van der Waals surface area contributed by atoms with E-state index < -0.39 is 4.92 Å². The number of nitrogens with zero attached hydrogens (tertiary/aromatic N) is 2. The summed E-state index contributed by atoms with van der Waals surface area (Å²) < 4.78 is 6.39. The van der Waals surface area contributed by atoms with Crippen LogP contribution in [0.1, 0.15) is 16.7 Å². The summed E-state index contributed by atoms with van der Waals surface area (Å²) in [6, 6.07) is 10.2. The molecule has 0 spiro atoms. The number of rotatable bonds is 3. The lowest BCUT2D eigenvalue weighted by Gasteiger charge is -2.11. The van der Waals surface area contributed by atoms with Crippen molar-refractivity contribution in [2.45, 2.75) is 13.8 Å². The summed E-state index contributed by atoms with van der Waals surface area (Å²) in [6.45, 7) is 3.52. The Hall–Kier alpha value is -2.39. The van der Waals surface area contributed by atoms with Gasteiger partial charge in [0.2, 0.25) is 5.75 Å². The predicted molar refractivity (Wildman–Crippen MR) is 81.5 cm³/mol. The van der Waals surface area contributed by atoms with Crippen LogP contribution in [0.5, 0.6) is 11.5 Å². The first-order chi connectivity index (χ1) is 9.92. The molecular formula is C15H11BrN2O3. The molecule has 0 aliphatic carbocycles. The number of nitriles is 1. The average molecular weight is 347 g/mol. The highest BCUT2D eigenvalue weighted by molar-refractivity contribution is 9.10. The highest BCUT2D eigenvalue weighted by atomic mass is 79.9. The molecule has 0 heterocycles. The fourth-order valence-electron chi connectivity index (χ4n) is 1.99. The topological polar surface area (TPSA) is 76.2 Å². The van der Waals surface area contributed by atoms with Gasteiger partial charge in [-0.05, 0) is 43.2 Å². The van der Waals surface area contributed by atoms with Crippen molar-refractivity contribution < 1.29 is 9.66 Å². The van der Waals surface area contributed by atoms with Crippen molar-refractivity contribution in [1.29, 1.82) is 5.26 Å². The Kier molecular flexibility index (Phi) is 4.24. The summed E-state index contributed by atoms with van der Waals surface area (Å²) in [7, 11) is 0. The van der Waals surface area contributed by atoms with Crippen molar-refractivity contribution in [3.8, 4) is 17.6 Å². The minimum Gasteiger partial charge on any atom is -0.448 e. The zero-order chi connectivity index (χ0) is 15.6. The molecule has 0 aliphatic heterocycles. The largest absolute Gasteiger partial charge is 0.448 e. The first-order valence-electron chi connectivity index (χ1n) is 6.05. The molecule has 0 saturated carbocycles. The highest BCUT2D eigenvalue weighted by Crippen LogP contribution is 2.37. The number of nitro benzene ring substituents is 1. The molecule has 106 valence electrons. The van der Waals surface area contributed by atoms with Gasteiger partial charge in [0.25, 0.3) is 0 Å². The predicted octanol–water partition coefficient (Wildman–Crippen LogP) is 4.64. The van der Waals surface area contributed by atoms with Gasteiger partial charge in [-0.3, -0.25) is 10.1 Å². The molecule has 2 aromatic carbocycles. The van der Waals surface area contributed by atoms with Crippen LogP contribution in [-0.2, 0) is 0 Å². The van der Waals surface area contributed by atoms with Crippen LogP contribution in [0, 0.1) is 35.3 Å². The van der Waals surface area contributed by atoms with Gasteiger partial charge in [-0.25, -0.2) is 0 Å². The molecule has 0 unspecified atom stereocenters. The fourth-order valence-corrected chi connectivity index (χ4v) is 2.35. The Labute approximate surface area is 130 Å². The number of benzene rings is 2. The minimum atomic E-state index is -0.486. The third-order valence-corrected chi connectivity index (χ3v) is 3.36. The zero-order valence-electron chi connectivity index (χ0n) is 11.4. The smallest absolute Gasteiger partial charge is 0.312 e. The van der Waals surface area contributed by atoms with Crippen LogP contribution in [0.3, 0.4) is 0 Å². The highest BCUT2D eigenvalue weighted by Gasteiger charge is 2.20. The third-order valence-electron chi connectivity index (χ3n) is 2.87. The van der Waals surface area contributed by atoms with Gasteiger partial charge in [0.15, 0.2) is 0 Å². The summed E-state index contributed by atoms with van der Waals surface area (Å²) in [5.74, 6) is 0.445. The molecule has 0 atom stereocenters. The van der Waals surface area contributed by atoms with Gasteiger partial charge >= 0.3 is 5.69 Å². The van der Waals surface area contributed by atoms with Crippen molar-refractivity contribution in [2.75, 3.05) is 0 Å². The molecule has 0 radical (unpaired) electrons. The number of halogens is 1. The minimum absolute atomic E-state index is 0.112. The van der Waals surface area contributed by atoms with E-state index in [1.165, 1.54) is 6.07 Å². The maximum atomic E-state index is 11.2. The van der Waals surface area contributed by atoms with E-state index >= 15 is 0 Å². The Balaban J connectivity index is 2.55. The van der Waals surface area contributed by atoms with E-state index in [-0.39, 0.29) is 17.2 Å². The summed E-state index contributed by atoms with van der Waals surface area (Å²) in [5.41, 5.74) is 1.62. The lowest BCUT2D eigenvalue weighted by Crippen LogP contribution is -1.98. The van der Waals surface area contributed by atoms with E-state index in [0.29, 0.717) is 11.1 Å². The van der Waals surface area contributed by atoms with E-state index in [1.807, 2.05) is 6.07 Å². The second kappa shape index (κ2) is 5.94. The molecule has 2 rings (SSSR count). The Bertz CT molecular complexity index is 766. The first-order valence-corrected chi connectivity index (χ1v) is 6.85. The molecular weight excluding hydrogens is 336 g/mol. The SMILES string of the molecule is Cc1cc(C)c(Oc2ccc(Br)cc2C#N)c([N+](=O)[O-])c1. The standard InChI is InChI=1S/C15H11BrN2O3/c1-9-5-10(2)15(13(6-9)18(19)20)21-14-4-3-12(16)7-11(14)8-17/h3-7H,1-2H3. The fraction of sp³-hybridized carbons (Fsp3) is 0.133. The first kappa shape index (κ1) is 15.0. The Morgan fingerprint density at radius 1 is 1.29 bits per heavy atom. The molecule has 5 nitrogen and oxygen atoms in total. The van der Waals surface area contributed by atoms with Crippen molar-refractivity contribution >= 4 is 21.6 Å². The van der Waals surface area contributed by atoms with E-state index in [0.717, 1.165) is 10.0 Å². The molecule has 0 fully saturated rings. The molecule has 0 bridgehead atoms. The quantitative estimate of drug-likeness (QED) is 0.599. The van der Waals surface area contributed by atoms with E-state index in [4.69, 9.17) is 10.00 Å². The van der Waals surface area contributed by atoms with Crippen LogP contribution in [0.2, 0.25) is 0 Å².